The zero-order valence-corrected chi connectivity index (χ0v) is 11.1. The second-order valence-electron chi connectivity index (χ2n) is 5.12. The monoisotopic (exact) mass is 237 g/mol. The summed E-state index contributed by atoms with van der Waals surface area (Å²) in [5, 5.41) is 0. The maximum absolute atomic E-state index is 6.00. The summed E-state index contributed by atoms with van der Waals surface area (Å²) in [6, 6.07) is 6.55. The number of alkyl halides is 1. The van der Waals surface area contributed by atoms with Crippen molar-refractivity contribution in [3.8, 4) is 0 Å². The van der Waals surface area contributed by atoms with E-state index in [9.17, 15) is 0 Å². The lowest BCUT2D eigenvalue weighted by molar-refractivity contribution is 0.724. The predicted octanol–water partition coefficient (Wildman–Crippen LogP) is 3.83. The average Bonchev–Trinajstić information content (AvgIpc) is 2.93. The molecule has 1 saturated carbocycles. The van der Waals surface area contributed by atoms with Gasteiger partial charge >= 0.3 is 0 Å². The first-order valence-corrected chi connectivity index (χ1v) is 6.52. The van der Waals surface area contributed by atoms with Crippen molar-refractivity contribution in [2.45, 2.75) is 26.1 Å². The Bertz CT molecular complexity index is 375. The first-order valence-electron chi connectivity index (χ1n) is 5.98. The van der Waals surface area contributed by atoms with Crippen LogP contribution in [0.25, 0.3) is 0 Å². The molecule has 0 spiro atoms. The summed E-state index contributed by atoms with van der Waals surface area (Å²) in [7, 11) is 2.17. The quantitative estimate of drug-likeness (QED) is 0.720. The molecule has 2 heteroatoms. The molecule has 2 rings (SSSR count). The van der Waals surface area contributed by atoms with Gasteiger partial charge in [0, 0.05) is 25.2 Å². The van der Waals surface area contributed by atoms with Gasteiger partial charge in [-0.05, 0) is 36.8 Å². The minimum atomic E-state index is 0.599. The maximum Gasteiger partial charge on any atom is 0.0494 e. The fraction of sp³-hybridized carbons (Fsp3) is 0.571. The van der Waals surface area contributed by atoms with Gasteiger partial charge in [0.2, 0.25) is 0 Å². The van der Waals surface area contributed by atoms with E-state index in [1.165, 1.54) is 23.2 Å². The molecule has 0 aromatic heterocycles. The molecule has 1 aliphatic carbocycles. The van der Waals surface area contributed by atoms with Gasteiger partial charge in [0.25, 0.3) is 0 Å². The Kier molecular flexibility index (Phi) is 3.44. The van der Waals surface area contributed by atoms with Crippen molar-refractivity contribution in [2.24, 2.45) is 11.8 Å². The molecule has 2 atom stereocenters. The zero-order valence-electron chi connectivity index (χ0n) is 10.3. The van der Waals surface area contributed by atoms with Crippen molar-refractivity contribution in [1.82, 2.24) is 0 Å². The lowest BCUT2D eigenvalue weighted by Gasteiger charge is -2.22. The summed E-state index contributed by atoms with van der Waals surface area (Å²) in [6.07, 6.45) is 1.38. The highest BCUT2D eigenvalue weighted by Crippen LogP contribution is 2.39. The largest absolute Gasteiger partial charge is 0.374 e. The lowest BCUT2D eigenvalue weighted by atomic mass is 10.1. The molecule has 88 valence electrons. The molecule has 1 aliphatic rings. The maximum atomic E-state index is 6.00. The molecule has 16 heavy (non-hydrogen) atoms. The molecule has 0 amide bonds. The van der Waals surface area contributed by atoms with E-state index < -0.39 is 0 Å². The molecular formula is C14H20ClN. The smallest absolute Gasteiger partial charge is 0.0494 e. The van der Waals surface area contributed by atoms with E-state index in [4.69, 9.17) is 11.6 Å². The van der Waals surface area contributed by atoms with Crippen molar-refractivity contribution >= 4 is 17.3 Å². The van der Waals surface area contributed by atoms with E-state index in [1.807, 2.05) is 0 Å². The van der Waals surface area contributed by atoms with Crippen LogP contribution in [-0.2, 0) is 5.88 Å². The van der Waals surface area contributed by atoms with Gasteiger partial charge in [0.15, 0.2) is 0 Å². The van der Waals surface area contributed by atoms with Crippen LogP contribution < -0.4 is 4.90 Å². The molecule has 0 heterocycles. The molecule has 1 aromatic rings. The van der Waals surface area contributed by atoms with Gasteiger partial charge in [-0.1, -0.05) is 24.6 Å². The summed E-state index contributed by atoms with van der Waals surface area (Å²) < 4.78 is 0. The van der Waals surface area contributed by atoms with Crippen molar-refractivity contribution in [3.05, 3.63) is 29.3 Å². The van der Waals surface area contributed by atoms with Crippen molar-refractivity contribution in [2.75, 3.05) is 18.5 Å². The van der Waals surface area contributed by atoms with E-state index in [2.05, 4.69) is 44.0 Å². The van der Waals surface area contributed by atoms with Gasteiger partial charge in [-0.3, -0.25) is 0 Å². The molecule has 1 aromatic carbocycles. The number of anilines is 1. The summed E-state index contributed by atoms with van der Waals surface area (Å²) in [5.41, 5.74) is 3.82. The van der Waals surface area contributed by atoms with Crippen LogP contribution in [0.5, 0.6) is 0 Å². The summed E-state index contributed by atoms with van der Waals surface area (Å²) >= 11 is 6.00. The number of aryl methyl sites for hydroxylation is 1. The Balaban J connectivity index is 2.12. The molecule has 0 bridgehead atoms. The van der Waals surface area contributed by atoms with Crippen LogP contribution in [-0.4, -0.2) is 13.6 Å². The third kappa shape index (κ3) is 2.52. The number of hydrogen-bond acceptors (Lipinski definition) is 1. The van der Waals surface area contributed by atoms with Crippen LogP contribution in [0.3, 0.4) is 0 Å². The third-order valence-corrected chi connectivity index (χ3v) is 3.86. The minimum Gasteiger partial charge on any atom is -0.374 e. The van der Waals surface area contributed by atoms with Crippen LogP contribution in [0.2, 0.25) is 0 Å². The first kappa shape index (κ1) is 11.8. The molecule has 0 N–H and O–H groups in total. The SMILES string of the molecule is Cc1ccc(N(C)CC2CC2C)c(CCl)c1. The van der Waals surface area contributed by atoms with Gasteiger partial charge < -0.3 is 4.90 Å². The van der Waals surface area contributed by atoms with E-state index in [-0.39, 0.29) is 0 Å². The predicted molar refractivity (Wildman–Crippen MR) is 71.3 cm³/mol. The molecule has 0 radical (unpaired) electrons. The van der Waals surface area contributed by atoms with Crippen molar-refractivity contribution in [3.63, 3.8) is 0 Å². The normalized spacial score (nSPS) is 23.2. The zero-order chi connectivity index (χ0) is 11.7. The van der Waals surface area contributed by atoms with E-state index in [1.54, 1.807) is 0 Å². The fourth-order valence-electron chi connectivity index (χ4n) is 2.30. The van der Waals surface area contributed by atoms with E-state index in [0.717, 1.165) is 18.4 Å². The Labute approximate surface area is 103 Å². The average molecular weight is 238 g/mol. The lowest BCUT2D eigenvalue weighted by Crippen LogP contribution is -2.21. The van der Waals surface area contributed by atoms with Gasteiger partial charge in [-0.2, -0.15) is 0 Å². The standard InChI is InChI=1S/C14H20ClN/c1-10-4-5-14(12(6-10)8-15)16(3)9-13-7-11(13)2/h4-6,11,13H,7-9H2,1-3H3. The minimum absolute atomic E-state index is 0.599. The summed E-state index contributed by atoms with van der Waals surface area (Å²) in [5.74, 6) is 2.39. The topological polar surface area (TPSA) is 3.24 Å². The number of rotatable bonds is 4. The fourth-order valence-corrected chi connectivity index (χ4v) is 2.51. The van der Waals surface area contributed by atoms with Crippen molar-refractivity contribution in [1.29, 1.82) is 0 Å². The second-order valence-corrected chi connectivity index (χ2v) is 5.39. The second kappa shape index (κ2) is 4.67. The molecule has 1 fully saturated rings. The first-order chi connectivity index (χ1) is 7.61. The van der Waals surface area contributed by atoms with Gasteiger partial charge in [-0.15, -0.1) is 11.6 Å². The van der Waals surface area contributed by atoms with E-state index in [0.29, 0.717) is 5.88 Å². The Morgan fingerprint density at radius 1 is 1.44 bits per heavy atom. The van der Waals surface area contributed by atoms with Crippen LogP contribution in [0.1, 0.15) is 24.5 Å². The Morgan fingerprint density at radius 3 is 2.69 bits per heavy atom. The molecule has 2 unspecified atom stereocenters. The number of benzene rings is 1. The third-order valence-electron chi connectivity index (χ3n) is 3.57. The summed E-state index contributed by atoms with van der Waals surface area (Å²) in [4.78, 5) is 2.35. The highest BCUT2D eigenvalue weighted by atomic mass is 35.5. The molecule has 0 saturated heterocycles. The van der Waals surface area contributed by atoms with Crippen molar-refractivity contribution < 1.29 is 0 Å². The van der Waals surface area contributed by atoms with Gasteiger partial charge in [0.1, 0.15) is 0 Å². The van der Waals surface area contributed by atoms with Gasteiger partial charge in [0.05, 0.1) is 0 Å². The number of halogens is 1. The number of hydrogen-bond donors (Lipinski definition) is 0. The Hall–Kier alpha value is -0.690. The highest BCUT2D eigenvalue weighted by Gasteiger charge is 2.33. The van der Waals surface area contributed by atoms with Crippen LogP contribution in [0, 0.1) is 18.8 Å². The van der Waals surface area contributed by atoms with Gasteiger partial charge in [-0.25, -0.2) is 0 Å². The molecular weight excluding hydrogens is 218 g/mol. The number of nitrogens with zero attached hydrogens (tertiary/aromatic N) is 1. The van der Waals surface area contributed by atoms with E-state index >= 15 is 0 Å². The molecule has 1 nitrogen and oxygen atoms in total. The summed E-state index contributed by atoms with van der Waals surface area (Å²) in [6.45, 7) is 5.60. The van der Waals surface area contributed by atoms with Crippen LogP contribution >= 0.6 is 11.6 Å². The molecule has 0 aliphatic heterocycles. The van der Waals surface area contributed by atoms with Crippen LogP contribution in [0.4, 0.5) is 5.69 Å². The highest BCUT2D eigenvalue weighted by molar-refractivity contribution is 6.17. The van der Waals surface area contributed by atoms with Crippen LogP contribution in [0.15, 0.2) is 18.2 Å². The Morgan fingerprint density at radius 2 is 2.12 bits per heavy atom.